The number of aromatic hydroxyl groups is 1. The molecule has 2 nitrogen and oxygen atoms in total. The maximum absolute atomic E-state index is 9.14. The summed E-state index contributed by atoms with van der Waals surface area (Å²) in [4.78, 5) is 0. The van der Waals surface area contributed by atoms with E-state index < -0.39 is 0 Å². The molecule has 2 N–H and O–H groups in total. The van der Waals surface area contributed by atoms with Crippen LogP contribution in [0.1, 0.15) is 19.4 Å². The van der Waals surface area contributed by atoms with E-state index in [2.05, 4.69) is 19.2 Å². The Morgan fingerprint density at radius 3 is 2.50 bits per heavy atom. The van der Waals surface area contributed by atoms with E-state index in [4.69, 9.17) is 5.11 Å². The molecule has 0 aromatic heterocycles. The summed E-state index contributed by atoms with van der Waals surface area (Å²) >= 11 is 0. The van der Waals surface area contributed by atoms with Gasteiger partial charge in [0.2, 0.25) is 0 Å². The Labute approximate surface area is 73.2 Å². The zero-order chi connectivity index (χ0) is 9.14. The van der Waals surface area contributed by atoms with Gasteiger partial charge >= 0.3 is 0 Å². The quantitative estimate of drug-likeness (QED) is 0.660. The molecule has 1 aromatic carbocycles. The number of nitrogens with one attached hydrogen (secondary N) is 1. The van der Waals surface area contributed by atoms with Crippen LogP contribution in [0.4, 0.5) is 5.69 Å². The molecule has 0 radical (unpaired) electrons. The van der Waals surface area contributed by atoms with Crippen molar-refractivity contribution in [3.05, 3.63) is 23.8 Å². The highest BCUT2D eigenvalue weighted by Crippen LogP contribution is 2.20. The van der Waals surface area contributed by atoms with Gasteiger partial charge in [-0.1, -0.05) is 0 Å². The summed E-state index contributed by atoms with van der Waals surface area (Å²) in [5, 5.41) is 12.4. The minimum atomic E-state index is 0.321. The average molecular weight is 165 g/mol. The zero-order valence-electron chi connectivity index (χ0n) is 7.76. The summed E-state index contributed by atoms with van der Waals surface area (Å²) in [6.45, 7) is 6.16. The van der Waals surface area contributed by atoms with Crippen LogP contribution in [0.25, 0.3) is 0 Å². The van der Waals surface area contributed by atoms with Gasteiger partial charge in [0.15, 0.2) is 0 Å². The van der Waals surface area contributed by atoms with Crippen molar-refractivity contribution in [2.24, 2.45) is 0 Å². The molecule has 0 spiro atoms. The Morgan fingerprint density at radius 1 is 1.33 bits per heavy atom. The lowest BCUT2D eigenvalue weighted by Crippen LogP contribution is -2.10. The molecule has 0 saturated heterocycles. The Balaban J connectivity index is 2.86. The molecule has 12 heavy (non-hydrogen) atoms. The van der Waals surface area contributed by atoms with E-state index in [0.717, 1.165) is 11.3 Å². The molecular weight excluding hydrogens is 150 g/mol. The molecule has 0 fully saturated rings. The molecule has 2 heteroatoms. The third-order valence-corrected chi connectivity index (χ3v) is 1.65. The first kappa shape index (κ1) is 8.91. The maximum atomic E-state index is 9.14. The summed E-state index contributed by atoms with van der Waals surface area (Å²) in [5.74, 6) is 0.321. The number of hydrogen-bond acceptors (Lipinski definition) is 2. The molecule has 0 atom stereocenters. The third-order valence-electron chi connectivity index (χ3n) is 1.65. The van der Waals surface area contributed by atoms with E-state index in [1.807, 2.05) is 13.0 Å². The van der Waals surface area contributed by atoms with Gasteiger partial charge in [0.05, 0.1) is 0 Å². The van der Waals surface area contributed by atoms with Crippen LogP contribution in [0, 0.1) is 6.92 Å². The fourth-order valence-corrected chi connectivity index (χ4v) is 1.12. The van der Waals surface area contributed by atoms with Crippen molar-refractivity contribution in [3.8, 4) is 5.75 Å². The van der Waals surface area contributed by atoms with Crippen molar-refractivity contribution < 1.29 is 5.11 Å². The summed E-state index contributed by atoms with van der Waals surface area (Å²) in [7, 11) is 0. The van der Waals surface area contributed by atoms with Crippen molar-refractivity contribution in [1.29, 1.82) is 0 Å². The second kappa shape index (κ2) is 3.48. The Bertz CT molecular complexity index is 269. The van der Waals surface area contributed by atoms with E-state index in [-0.39, 0.29) is 0 Å². The lowest BCUT2D eigenvalue weighted by Gasteiger charge is -2.12. The van der Waals surface area contributed by atoms with Crippen LogP contribution in [-0.2, 0) is 0 Å². The number of anilines is 1. The molecule has 0 unspecified atom stereocenters. The first-order valence-corrected chi connectivity index (χ1v) is 4.16. The Kier molecular flexibility index (Phi) is 2.58. The van der Waals surface area contributed by atoms with Gasteiger partial charge < -0.3 is 10.4 Å². The molecule has 0 bridgehead atoms. The van der Waals surface area contributed by atoms with Gasteiger partial charge in [0.25, 0.3) is 0 Å². The van der Waals surface area contributed by atoms with Crippen molar-refractivity contribution in [1.82, 2.24) is 0 Å². The van der Waals surface area contributed by atoms with Gasteiger partial charge in [0, 0.05) is 11.7 Å². The van der Waals surface area contributed by atoms with E-state index in [1.165, 1.54) is 0 Å². The van der Waals surface area contributed by atoms with Crippen LogP contribution in [0.2, 0.25) is 0 Å². The Morgan fingerprint density at radius 2 is 2.00 bits per heavy atom. The second-order valence-electron chi connectivity index (χ2n) is 3.30. The summed E-state index contributed by atoms with van der Waals surface area (Å²) in [6, 6.07) is 5.76. The molecule has 0 amide bonds. The van der Waals surface area contributed by atoms with E-state index in [9.17, 15) is 0 Å². The van der Waals surface area contributed by atoms with Crippen molar-refractivity contribution in [2.75, 3.05) is 5.32 Å². The normalized spacial score (nSPS) is 10.3. The average Bonchev–Trinajstić information content (AvgIpc) is 1.94. The highest BCUT2D eigenvalue weighted by molar-refractivity contribution is 5.53. The largest absolute Gasteiger partial charge is 0.508 e. The van der Waals surface area contributed by atoms with Crippen LogP contribution in [-0.4, -0.2) is 11.1 Å². The highest BCUT2D eigenvalue weighted by Gasteiger charge is 1.99. The van der Waals surface area contributed by atoms with Gasteiger partial charge in [0.1, 0.15) is 5.75 Å². The minimum absolute atomic E-state index is 0.321. The van der Waals surface area contributed by atoms with E-state index in [1.54, 1.807) is 12.1 Å². The molecular formula is C10H15NO. The minimum Gasteiger partial charge on any atom is -0.508 e. The predicted octanol–water partition coefficient (Wildman–Crippen LogP) is 2.52. The van der Waals surface area contributed by atoms with Gasteiger partial charge in [-0.25, -0.2) is 0 Å². The predicted molar refractivity (Wildman–Crippen MR) is 51.6 cm³/mol. The second-order valence-corrected chi connectivity index (χ2v) is 3.30. The number of benzene rings is 1. The number of aryl methyl sites for hydroxylation is 1. The molecule has 0 aliphatic heterocycles. The number of rotatable bonds is 2. The summed E-state index contributed by atoms with van der Waals surface area (Å²) in [5.41, 5.74) is 2.16. The van der Waals surface area contributed by atoms with Gasteiger partial charge in [-0.15, -0.1) is 0 Å². The molecule has 66 valence electrons. The number of phenols is 1. The number of hydrogen-bond donors (Lipinski definition) is 2. The van der Waals surface area contributed by atoms with Crippen LogP contribution >= 0.6 is 0 Å². The van der Waals surface area contributed by atoms with Crippen molar-refractivity contribution in [2.45, 2.75) is 26.8 Å². The topological polar surface area (TPSA) is 32.3 Å². The maximum Gasteiger partial charge on any atom is 0.115 e. The lowest BCUT2D eigenvalue weighted by atomic mass is 10.2. The molecule has 0 aliphatic rings. The van der Waals surface area contributed by atoms with Crippen LogP contribution in [0.15, 0.2) is 18.2 Å². The van der Waals surface area contributed by atoms with Gasteiger partial charge in [-0.05, 0) is 44.5 Å². The van der Waals surface area contributed by atoms with Gasteiger partial charge in [-0.3, -0.25) is 0 Å². The molecule has 1 aromatic rings. The fraction of sp³-hybridized carbons (Fsp3) is 0.400. The van der Waals surface area contributed by atoms with Crippen LogP contribution < -0.4 is 5.32 Å². The van der Waals surface area contributed by atoms with Crippen molar-refractivity contribution >= 4 is 5.69 Å². The zero-order valence-corrected chi connectivity index (χ0v) is 7.76. The smallest absolute Gasteiger partial charge is 0.115 e. The first-order valence-electron chi connectivity index (χ1n) is 4.16. The highest BCUT2D eigenvalue weighted by atomic mass is 16.3. The fourth-order valence-electron chi connectivity index (χ4n) is 1.12. The summed E-state index contributed by atoms with van der Waals surface area (Å²) in [6.07, 6.45) is 0. The van der Waals surface area contributed by atoms with E-state index in [0.29, 0.717) is 11.8 Å². The molecule has 0 aliphatic carbocycles. The Hall–Kier alpha value is -1.18. The molecule has 0 heterocycles. The molecule has 0 saturated carbocycles. The summed E-state index contributed by atoms with van der Waals surface area (Å²) < 4.78 is 0. The van der Waals surface area contributed by atoms with Gasteiger partial charge in [-0.2, -0.15) is 0 Å². The van der Waals surface area contributed by atoms with Crippen LogP contribution in [0.5, 0.6) is 5.75 Å². The van der Waals surface area contributed by atoms with Crippen molar-refractivity contribution in [3.63, 3.8) is 0 Å². The monoisotopic (exact) mass is 165 g/mol. The number of phenolic OH excluding ortho intramolecular Hbond substituents is 1. The van der Waals surface area contributed by atoms with E-state index >= 15 is 0 Å². The third kappa shape index (κ3) is 2.16. The lowest BCUT2D eigenvalue weighted by molar-refractivity contribution is 0.475. The SMILES string of the molecule is Cc1cc(O)ccc1NC(C)C. The standard InChI is InChI=1S/C10H15NO/c1-7(2)11-10-5-4-9(12)6-8(10)3/h4-7,11-12H,1-3H3. The molecule has 1 rings (SSSR count). The van der Waals surface area contributed by atoms with Crippen LogP contribution in [0.3, 0.4) is 0 Å². The first-order chi connectivity index (χ1) is 5.59.